The standard InChI is InChI=1S/C17H26N2O2/c1-3-14(13-7-4-5-8-15(13)21-2)19-16(20)11-17(12-18)9-6-10-17/h4-5,7-8,14H,3,6,9-12,18H2,1-2H3,(H,19,20). The van der Waals surface area contributed by atoms with Gasteiger partial charge in [-0.25, -0.2) is 0 Å². The van der Waals surface area contributed by atoms with Gasteiger partial charge in [0.15, 0.2) is 0 Å². The number of hydrogen-bond donors (Lipinski definition) is 2. The second-order valence-electron chi connectivity index (χ2n) is 6.00. The molecule has 1 aromatic carbocycles. The van der Waals surface area contributed by atoms with E-state index < -0.39 is 0 Å². The minimum absolute atomic E-state index is 0.0106. The molecule has 1 unspecified atom stereocenters. The molecule has 1 aromatic rings. The van der Waals surface area contributed by atoms with Crippen molar-refractivity contribution in [3.63, 3.8) is 0 Å². The molecular formula is C17H26N2O2. The fraction of sp³-hybridized carbons (Fsp3) is 0.588. The third-order valence-corrected chi connectivity index (χ3v) is 4.64. The largest absolute Gasteiger partial charge is 0.496 e. The number of nitrogens with one attached hydrogen (secondary N) is 1. The first kappa shape index (κ1) is 15.8. The van der Waals surface area contributed by atoms with Gasteiger partial charge in [-0.2, -0.15) is 0 Å². The molecule has 1 saturated carbocycles. The summed E-state index contributed by atoms with van der Waals surface area (Å²) in [4.78, 5) is 12.3. The predicted octanol–water partition coefficient (Wildman–Crippen LogP) is 2.78. The molecule has 0 spiro atoms. The Bertz CT molecular complexity index is 478. The van der Waals surface area contributed by atoms with Gasteiger partial charge in [0.1, 0.15) is 5.75 Å². The first-order valence-electron chi connectivity index (χ1n) is 7.76. The Morgan fingerprint density at radius 3 is 2.67 bits per heavy atom. The molecule has 0 aromatic heterocycles. The van der Waals surface area contributed by atoms with Crippen molar-refractivity contribution in [1.29, 1.82) is 0 Å². The number of benzene rings is 1. The number of carbonyl (C=O) groups excluding carboxylic acids is 1. The van der Waals surface area contributed by atoms with Gasteiger partial charge in [-0.05, 0) is 37.3 Å². The van der Waals surface area contributed by atoms with Crippen LogP contribution in [0, 0.1) is 5.41 Å². The van der Waals surface area contributed by atoms with Crippen LogP contribution in [-0.2, 0) is 4.79 Å². The van der Waals surface area contributed by atoms with Crippen LogP contribution >= 0.6 is 0 Å². The fourth-order valence-corrected chi connectivity index (χ4v) is 3.07. The molecule has 1 fully saturated rings. The molecule has 0 bridgehead atoms. The molecular weight excluding hydrogens is 264 g/mol. The second-order valence-corrected chi connectivity index (χ2v) is 6.00. The van der Waals surface area contributed by atoms with Crippen molar-refractivity contribution in [2.24, 2.45) is 11.1 Å². The van der Waals surface area contributed by atoms with E-state index in [0.29, 0.717) is 13.0 Å². The summed E-state index contributed by atoms with van der Waals surface area (Å²) in [5.74, 6) is 0.916. The summed E-state index contributed by atoms with van der Waals surface area (Å²) in [6, 6.07) is 7.84. The monoisotopic (exact) mass is 290 g/mol. The molecule has 3 N–H and O–H groups in total. The van der Waals surface area contributed by atoms with E-state index >= 15 is 0 Å². The molecule has 21 heavy (non-hydrogen) atoms. The van der Waals surface area contributed by atoms with E-state index in [1.165, 1.54) is 6.42 Å². The van der Waals surface area contributed by atoms with E-state index in [1.807, 2.05) is 24.3 Å². The van der Waals surface area contributed by atoms with Crippen LogP contribution in [0.2, 0.25) is 0 Å². The Balaban J connectivity index is 2.03. The highest BCUT2D eigenvalue weighted by Gasteiger charge is 2.37. The lowest BCUT2D eigenvalue weighted by molar-refractivity contribution is -0.125. The number of nitrogens with two attached hydrogens (primary N) is 1. The van der Waals surface area contributed by atoms with E-state index in [0.717, 1.165) is 30.6 Å². The van der Waals surface area contributed by atoms with Crippen LogP contribution in [0.5, 0.6) is 5.75 Å². The van der Waals surface area contributed by atoms with Gasteiger partial charge in [0, 0.05) is 12.0 Å². The zero-order valence-electron chi connectivity index (χ0n) is 13.0. The fourth-order valence-electron chi connectivity index (χ4n) is 3.07. The van der Waals surface area contributed by atoms with Gasteiger partial charge in [-0.1, -0.05) is 31.5 Å². The van der Waals surface area contributed by atoms with Crippen molar-refractivity contribution >= 4 is 5.91 Å². The van der Waals surface area contributed by atoms with E-state index in [9.17, 15) is 4.79 Å². The van der Waals surface area contributed by atoms with Crippen molar-refractivity contribution in [3.05, 3.63) is 29.8 Å². The van der Waals surface area contributed by atoms with E-state index in [4.69, 9.17) is 10.5 Å². The summed E-state index contributed by atoms with van der Waals surface area (Å²) >= 11 is 0. The molecule has 1 aliphatic carbocycles. The lowest BCUT2D eigenvalue weighted by atomic mass is 9.66. The zero-order valence-corrected chi connectivity index (χ0v) is 13.0. The molecule has 4 nitrogen and oxygen atoms in total. The van der Waals surface area contributed by atoms with Gasteiger partial charge in [-0.15, -0.1) is 0 Å². The summed E-state index contributed by atoms with van der Waals surface area (Å²) in [5.41, 5.74) is 6.92. The molecule has 0 radical (unpaired) electrons. The van der Waals surface area contributed by atoms with Crippen molar-refractivity contribution in [3.8, 4) is 5.75 Å². The average molecular weight is 290 g/mol. The van der Waals surface area contributed by atoms with Gasteiger partial charge >= 0.3 is 0 Å². The molecule has 0 saturated heterocycles. The van der Waals surface area contributed by atoms with Crippen molar-refractivity contribution in [2.45, 2.75) is 45.1 Å². The molecule has 1 amide bonds. The number of amides is 1. The van der Waals surface area contributed by atoms with Crippen LogP contribution in [0.1, 0.15) is 50.6 Å². The average Bonchev–Trinajstić information content (AvgIpc) is 2.48. The van der Waals surface area contributed by atoms with Gasteiger partial charge in [0.05, 0.1) is 13.2 Å². The maximum absolute atomic E-state index is 12.3. The molecule has 116 valence electrons. The van der Waals surface area contributed by atoms with Gasteiger partial charge < -0.3 is 15.8 Å². The smallest absolute Gasteiger partial charge is 0.221 e. The van der Waals surface area contributed by atoms with Crippen molar-refractivity contribution in [1.82, 2.24) is 5.32 Å². The summed E-state index contributed by atoms with van der Waals surface area (Å²) in [5, 5.41) is 3.14. The maximum atomic E-state index is 12.3. The Kier molecular flexibility index (Phi) is 5.23. The molecule has 0 heterocycles. The summed E-state index contributed by atoms with van der Waals surface area (Å²) in [7, 11) is 1.66. The Labute approximate surface area is 127 Å². The molecule has 4 heteroatoms. The van der Waals surface area contributed by atoms with Crippen LogP contribution < -0.4 is 15.8 Å². The van der Waals surface area contributed by atoms with Crippen molar-refractivity contribution in [2.75, 3.05) is 13.7 Å². The first-order valence-corrected chi connectivity index (χ1v) is 7.76. The van der Waals surface area contributed by atoms with Crippen LogP contribution in [0.15, 0.2) is 24.3 Å². The molecule has 1 aliphatic rings. The van der Waals surface area contributed by atoms with Gasteiger partial charge in [0.2, 0.25) is 5.91 Å². The number of methoxy groups -OCH3 is 1. The maximum Gasteiger partial charge on any atom is 0.221 e. The zero-order chi connectivity index (χ0) is 15.3. The Morgan fingerprint density at radius 1 is 1.43 bits per heavy atom. The lowest BCUT2D eigenvalue weighted by Crippen LogP contribution is -2.42. The highest BCUT2D eigenvalue weighted by molar-refractivity contribution is 5.77. The second kappa shape index (κ2) is 6.94. The normalized spacial score (nSPS) is 17.7. The van der Waals surface area contributed by atoms with E-state index in [-0.39, 0.29) is 17.4 Å². The van der Waals surface area contributed by atoms with Gasteiger partial charge in [-0.3, -0.25) is 4.79 Å². The minimum Gasteiger partial charge on any atom is -0.496 e. The third-order valence-electron chi connectivity index (χ3n) is 4.64. The SMILES string of the molecule is CCC(NC(=O)CC1(CN)CCC1)c1ccccc1OC. The molecule has 1 atom stereocenters. The van der Waals surface area contributed by atoms with Crippen LogP contribution in [0.25, 0.3) is 0 Å². The highest BCUT2D eigenvalue weighted by Crippen LogP contribution is 2.43. The number of carbonyl (C=O) groups is 1. The lowest BCUT2D eigenvalue weighted by Gasteiger charge is -2.40. The summed E-state index contributed by atoms with van der Waals surface area (Å²) in [6.45, 7) is 2.67. The van der Waals surface area contributed by atoms with Crippen molar-refractivity contribution < 1.29 is 9.53 Å². The first-order chi connectivity index (χ1) is 10.1. The minimum atomic E-state index is -0.0106. The number of para-hydroxylation sites is 1. The highest BCUT2D eigenvalue weighted by atomic mass is 16.5. The number of ether oxygens (including phenoxy) is 1. The van der Waals surface area contributed by atoms with Crippen LogP contribution in [0.3, 0.4) is 0 Å². The van der Waals surface area contributed by atoms with Crippen LogP contribution in [0.4, 0.5) is 0 Å². The van der Waals surface area contributed by atoms with Gasteiger partial charge in [0.25, 0.3) is 0 Å². The van der Waals surface area contributed by atoms with E-state index in [2.05, 4.69) is 12.2 Å². The summed E-state index contributed by atoms with van der Waals surface area (Å²) in [6.07, 6.45) is 4.70. The molecule has 2 rings (SSSR count). The van der Waals surface area contributed by atoms with Crippen LogP contribution in [-0.4, -0.2) is 19.6 Å². The quantitative estimate of drug-likeness (QED) is 0.811. The number of rotatable bonds is 7. The van der Waals surface area contributed by atoms with E-state index in [1.54, 1.807) is 7.11 Å². The Morgan fingerprint density at radius 2 is 2.14 bits per heavy atom. The predicted molar refractivity (Wildman–Crippen MR) is 84.1 cm³/mol. The number of hydrogen-bond acceptors (Lipinski definition) is 3. The topological polar surface area (TPSA) is 64.4 Å². The summed E-state index contributed by atoms with van der Waals surface area (Å²) < 4.78 is 5.39. The third kappa shape index (κ3) is 3.56. The molecule has 0 aliphatic heterocycles. The Hall–Kier alpha value is -1.55.